The van der Waals surface area contributed by atoms with Gasteiger partial charge in [-0.25, -0.2) is 8.42 Å². The molecule has 1 aliphatic rings. The second kappa shape index (κ2) is 5.82. The molecule has 1 aliphatic carbocycles. The van der Waals surface area contributed by atoms with Crippen molar-refractivity contribution in [3.63, 3.8) is 0 Å². The van der Waals surface area contributed by atoms with Gasteiger partial charge in [0.05, 0.1) is 5.25 Å². The fourth-order valence-electron chi connectivity index (χ4n) is 2.50. The summed E-state index contributed by atoms with van der Waals surface area (Å²) in [6.45, 7) is 0.305. The molecule has 2 unspecified atom stereocenters. The van der Waals surface area contributed by atoms with E-state index in [1.807, 2.05) is 0 Å². The van der Waals surface area contributed by atoms with Gasteiger partial charge in [-0.05, 0) is 12.8 Å². The molecule has 1 saturated carbocycles. The predicted octanol–water partition coefficient (Wildman–Crippen LogP) is 0.149. The Morgan fingerprint density at radius 3 is 2.47 bits per heavy atom. The Balaban J connectivity index is 2.81. The lowest BCUT2D eigenvalue weighted by Crippen LogP contribution is -2.49. The number of nitrogens with two attached hydrogens (primary N) is 1. The van der Waals surface area contributed by atoms with E-state index >= 15 is 0 Å². The van der Waals surface area contributed by atoms with E-state index in [2.05, 4.69) is 0 Å². The number of nitrogens with zero attached hydrogens (tertiary/aromatic N) is 1. The van der Waals surface area contributed by atoms with Crippen LogP contribution >= 0.6 is 0 Å². The van der Waals surface area contributed by atoms with Crippen LogP contribution in [0.15, 0.2) is 0 Å². The molecule has 0 radical (unpaired) electrons. The first-order chi connectivity index (χ1) is 7.88. The standard InChI is InChI=1S/C11H22N2O3S/c1-13(11(14)7-8-12)9-5-3-4-6-10(9)17(2,15)16/h9-10H,3-8,12H2,1-2H3. The zero-order valence-electron chi connectivity index (χ0n) is 10.6. The number of sulfone groups is 1. The summed E-state index contributed by atoms with van der Waals surface area (Å²) >= 11 is 0. The molecule has 100 valence electrons. The van der Waals surface area contributed by atoms with Crippen molar-refractivity contribution >= 4 is 15.7 Å². The first-order valence-corrected chi connectivity index (χ1v) is 7.98. The molecule has 0 saturated heterocycles. The molecule has 0 aromatic rings. The summed E-state index contributed by atoms with van der Waals surface area (Å²) in [5, 5.41) is -0.414. The Kier molecular flexibility index (Phi) is 4.94. The third kappa shape index (κ3) is 3.67. The third-order valence-electron chi connectivity index (χ3n) is 3.47. The summed E-state index contributed by atoms with van der Waals surface area (Å²) in [4.78, 5) is 13.3. The molecule has 0 aromatic carbocycles. The van der Waals surface area contributed by atoms with Crippen molar-refractivity contribution in [2.75, 3.05) is 19.8 Å². The highest BCUT2D eigenvalue weighted by Gasteiger charge is 2.36. The first kappa shape index (κ1) is 14.4. The highest BCUT2D eigenvalue weighted by Crippen LogP contribution is 2.27. The average Bonchev–Trinajstić information content (AvgIpc) is 2.27. The number of amides is 1. The number of carbonyl (C=O) groups excluding carboxylic acids is 1. The van der Waals surface area contributed by atoms with Crippen LogP contribution in [0.3, 0.4) is 0 Å². The van der Waals surface area contributed by atoms with Gasteiger partial charge in [-0.2, -0.15) is 0 Å². The maximum atomic E-state index is 11.8. The number of hydrogen-bond donors (Lipinski definition) is 1. The zero-order chi connectivity index (χ0) is 13.1. The Hall–Kier alpha value is -0.620. The van der Waals surface area contributed by atoms with E-state index in [9.17, 15) is 13.2 Å². The minimum atomic E-state index is -3.09. The van der Waals surface area contributed by atoms with Crippen LogP contribution in [0, 0.1) is 0 Å². The van der Waals surface area contributed by atoms with E-state index < -0.39 is 15.1 Å². The lowest BCUT2D eigenvalue weighted by molar-refractivity contribution is -0.132. The van der Waals surface area contributed by atoms with Crippen molar-refractivity contribution in [2.24, 2.45) is 5.73 Å². The summed E-state index contributed by atoms with van der Waals surface area (Å²) < 4.78 is 23.4. The Morgan fingerprint density at radius 1 is 1.35 bits per heavy atom. The molecule has 6 heteroatoms. The Morgan fingerprint density at radius 2 is 1.94 bits per heavy atom. The van der Waals surface area contributed by atoms with Gasteiger partial charge in [0.1, 0.15) is 0 Å². The molecule has 1 rings (SSSR count). The van der Waals surface area contributed by atoms with Crippen LogP contribution in [0.4, 0.5) is 0 Å². The number of carbonyl (C=O) groups is 1. The molecular weight excluding hydrogens is 240 g/mol. The largest absolute Gasteiger partial charge is 0.341 e. The highest BCUT2D eigenvalue weighted by molar-refractivity contribution is 7.91. The van der Waals surface area contributed by atoms with Crippen LogP contribution in [0.1, 0.15) is 32.1 Å². The van der Waals surface area contributed by atoms with E-state index in [0.29, 0.717) is 13.0 Å². The maximum Gasteiger partial charge on any atom is 0.223 e. The predicted molar refractivity (Wildman–Crippen MR) is 67.3 cm³/mol. The van der Waals surface area contributed by atoms with E-state index in [1.54, 1.807) is 11.9 Å². The first-order valence-electron chi connectivity index (χ1n) is 6.02. The summed E-state index contributed by atoms with van der Waals surface area (Å²) in [7, 11) is -1.41. The molecule has 2 atom stereocenters. The van der Waals surface area contributed by atoms with Crippen molar-refractivity contribution < 1.29 is 13.2 Å². The molecule has 2 N–H and O–H groups in total. The highest BCUT2D eigenvalue weighted by atomic mass is 32.2. The van der Waals surface area contributed by atoms with Crippen LogP contribution in [0.2, 0.25) is 0 Å². The van der Waals surface area contributed by atoms with Crippen molar-refractivity contribution in [3.05, 3.63) is 0 Å². The van der Waals surface area contributed by atoms with Crippen LogP contribution in [-0.2, 0) is 14.6 Å². The van der Waals surface area contributed by atoms with Gasteiger partial charge in [-0.1, -0.05) is 12.8 Å². The second-order valence-electron chi connectivity index (χ2n) is 4.76. The molecule has 0 bridgehead atoms. The molecule has 1 amide bonds. The van der Waals surface area contributed by atoms with E-state index in [0.717, 1.165) is 19.3 Å². The monoisotopic (exact) mass is 262 g/mol. The van der Waals surface area contributed by atoms with Crippen molar-refractivity contribution in [3.8, 4) is 0 Å². The topological polar surface area (TPSA) is 80.5 Å². The lowest BCUT2D eigenvalue weighted by atomic mass is 9.93. The zero-order valence-corrected chi connectivity index (χ0v) is 11.4. The fourth-order valence-corrected chi connectivity index (χ4v) is 3.99. The second-order valence-corrected chi connectivity index (χ2v) is 7.03. The Bertz CT molecular complexity index is 367. The van der Waals surface area contributed by atoms with E-state index in [-0.39, 0.29) is 18.4 Å². The summed E-state index contributed by atoms with van der Waals surface area (Å²) in [5.41, 5.74) is 5.35. The molecule has 0 aliphatic heterocycles. The van der Waals surface area contributed by atoms with Gasteiger partial charge in [0, 0.05) is 32.3 Å². The van der Waals surface area contributed by atoms with Crippen LogP contribution < -0.4 is 5.73 Å². The molecular formula is C11H22N2O3S. The van der Waals surface area contributed by atoms with Gasteiger partial charge < -0.3 is 10.6 Å². The minimum Gasteiger partial charge on any atom is -0.341 e. The summed E-state index contributed by atoms with van der Waals surface area (Å²) in [6.07, 6.45) is 4.87. The van der Waals surface area contributed by atoms with Gasteiger partial charge in [0.25, 0.3) is 0 Å². The van der Waals surface area contributed by atoms with Gasteiger partial charge in [-0.3, -0.25) is 4.79 Å². The van der Waals surface area contributed by atoms with Crippen LogP contribution in [-0.4, -0.2) is 50.4 Å². The van der Waals surface area contributed by atoms with Gasteiger partial charge in [0.15, 0.2) is 9.84 Å². The minimum absolute atomic E-state index is 0.0620. The van der Waals surface area contributed by atoms with Gasteiger partial charge in [0.2, 0.25) is 5.91 Å². The van der Waals surface area contributed by atoms with Crippen molar-refractivity contribution in [1.82, 2.24) is 4.90 Å². The van der Waals surface area contributed by atoms with Crippen LogP contribution in [0.5, 0.6) is 0 Å². The summed E-state index contributed by atoms with van der Waals surface area (Å²) in [6, 6.07) is -0.183. The lowest BCUT2D eigenvalue weighted by Gasteiger charge is -2.37. The quantitative estimate of drug-likeness (QED) is 0.782. The molecule has 0 aromatic heterocycles. The van der Waals surface area contributed by atoms with Crippen LogP contribution in [0.25, 0.3) is 0 Å². The number of hydrogen-bond acceptors (Lipinski definition) is 4. The van der Waals surface area contributed by atoms with E-state index in [4.69, 9.17) is 5.73 Å². The van der Waals surface area contributed by atoms with Gasteiger partial charge >= 0.3 is 0 Å². The molecule has 1 fully saturated rings. The molecule has 0 spiro atoms. The SMILES string of the molecule is CN(C(=O)CCN)C1CCCCC1S(C)(=O)=O. The Labute approximate surface area is 103 Å². The number of rotatable bonds is 4. The molecule has 0 heterocycles. The third-order valence-corrected chi connectivity index (χ3v) is 5.12. The summed E-state index contributed by atoms with van der Waals surface area (Å²) in [5.74, 6) is -0.0620. The molecule has 5 nitrogen and oxygen atoms in total. The van der Waals surface area contributed by atoms with E-state index in [1.165, 1.54) is 6.26 Å². The average molecular weight is 262 g/mol. The smallest absolute Gasteiger partial charge is 0.223 e. The van der Waals surface area contributed by atoms with Crippen molar-refractivity contribution in [1.29, 1.82) is 0 Å². The molecule has 17 heavy (non-hydrogen) atoms. The van der Waals surface area contributed by atoms with Gasteiger partial charge in [-0.15, -0.1) is 0 Å². The fraction of sp³-hybridized carbons (Fsp3) is 0.909. The normalized spacial score (nSPS) is 25.6. The van der Waals surface area contributed by atoms with Crippen molar-refractivity contribution in [2.45, 2.75) is 43.4 Å². The maximum absolute atomic E-state index is 11.8.